The van der Waals surface area contributed by atoms with Crippen LogP contribution in [0.3, 0.4) is 0 Å². The summed E-state index contributed by atoms with van der Waals surface area (Å²) in [7, 11) is 0. The molecule has 2 fully saturated rings. The van der Waals surface area contributed by atoms with Crippen molar-refractivity contribution in [3.05, 3.63) is 41.9 Å². The number of hydrogen-bond acceptors (Lipinski definition) is 8. The number of nitriles is 1. The van der Waals surface area contributed by atoms with Crippen molar-refractivity contribution in [1.82, 2.24) is 14.7 Å². The molecule has 1 aromatic carbocycles. The summed E-state index contributed by atoms with van der Waals surface area (Å²) < 4.78 is 18.3. The van der Waals surface area contributed by atoms with Gasteiger partial charge in [-0.05, 0) is 49.3 Å². The minimum atomic E-state index is -1.36. The maximum absolute atomic E-state index is 13.0. The van der Waals surface area contributed by atoms with Crippen molar-refractivity contribution in [3.63, 3.8) is 0 Å². The molecule has 0 radical (unpaired) electrons. The molecule has 2 aromatic heterocycles. The Morgan fingerprint density at radius 2 is 2.14 bits per heavy atom. The van der Waals surface area contributed by atoms with Gasteiger partial charge in [0.15, 0.2) is 0 Å². The predicted octanol–water partition coefficient (Wildman–Crippen LogP) is 4.84. The minimum Gasteiger partial charge on any atom is -0.450 e. The third-order valence-electron chi connectivity index (χ3n) is 7.45. The second kappa shape index (κ2) is 8.80. The highest BCUT2D eigenvalue weighted by atomic mass is 16.7. The lowest BCUT2D eigenvalue weighted by atomic mass is 9.68. The number of carbonyl (C=O) groups is 2. The monoisotopic (exact) mass is 507 g/mol. The molecule has 1 amide bonds. The van der Waals surface area contributed by atoms with Gasteiger partial charge in [0.05, 0.1) is 41.2 Å². The van der Waals surface area contributed by atoms with E-state index in [4.69, 9.17) is 19.1 Å². The molecule has 3 aromatic rings. The highest BCUT2D eigenvalue weighted by Crippen LogP contribution is 2.48. The molecule has 1 N–H and O–H groups in total. The van der Waals surface area contributed by atoms with Gasteiger partial charge in [0.25, 0.3) is 0 Å². The van der Waals surface area contributed by atoms with Gasteiger partial charge >= 0.3 is 12.2 Å². The fraction of sp³-hybridized carbons (Fsp3) is 0.500. The SMILES string of the molecule is CC(C)(COC(=O)O)c1cc(N2C[C@@]3(CCC[C@](C)(Cn4cnc5ccc(C#N)cc54)C3)OC2=O)on1. The molecular formula is C26H29N5O6. The van der Waals surface area contributed by atoms with Crippen LogP contribution >= 0.6 is 0 Å². The molecule has 194 valence electrons. The highest BCUT2D eigenvalue weighted by Gasteiger charge is 2.52. The molecular weight excluding hydrogens is 478 g/mol. The molecule has 2 atom stereocenters. The van der Waals surface area contributed by atoms with E-state index >= 15 is 0 Å². The minimum absolute atomic E-state index is 0.0974. The first-order valence-corrected chi connectivity index (χ1v) is 12.2. The summed E-state index contributed by atoms with van der Waals surface area (Å²) >= 11 is 0. The fourth-order valence-electron chi connectivity index (χ4n) is 5.63. The Labute approximate surface area is 213 Å². The molecule has 0 bridgehead atoms. The Hall–Kier alpha value is -4.07. The number of ether oxygens (including phenoxy) is 2. The van der Waals surface area contributed by atoms with Crippen molar-refractivity contribution in [2.75, 3.05) is 18.1 Å². The van der Waals surface area contributed by atoms with E-state index in [9.17, 15) is 14.9 Å². The zero-order valence-electron chi connectivity index (χ0n) is 21.1. The quantitative estimate of drug-likeness (QED) is 0.463. The van der Waals surface area contributed by atoms with Crippen LogP contribution in [0.15, 0.2) is 35.1 Å². The standard InChI is InChI=1S/C26H29N5O6/c1-24(2,15-35-23(33)34)20-10-21(37-29-20)31-14-26(36-22(31)32)8-4-7-25(3,12-26)13-30-16-28-18-6-5-17(11-27)9-19(18)30/h5-6,9-10,16H,4,7-8,12-15H2,1-3H3,(H,33,34)/t25-,26-/m0/s1. The number of nitrogens with zero attached hydrogens (tertiary/aromatic N) is 5. The summed E-state index contributed by atoms with van der Waals surface area (Å²) in [6.45, 7) is 6.69. The lowest BCUT2D eigenvalue weighted by Crippen LogP contribution is -2.45. The lowest BCUT2D eigenvalue weighted by molar-refractivity contribution is -0.0264. The van der Waals surface area contributed by atoms with E-state index in [1.807, 2.05) is 12.1 Å². The van der Waals surface area contributed by atoms with Gasteiger partial charge < -0.3 is 23.7 Å². The smallest absolute Gasteiger partial charge is 0.450 e. The Morgan fingerprint density at radius 3 is 2.89 bits per heavy atom. The zero-order chi connectivity index (χ0) is 26.4. The number of carbonyl (C=O) groups excluding carboxylic acids is 1. The van der Waals surface area contributed by atoms with E-state index in [-0.39, 0.29) is 17.9 Å². The lowest BCUT2D eigenvalue weighted by Gasteiger charge is -2.43. The van der Waals surface area contributed by atoms with Crippen LogP contribution in [-0.2, 0) is 21.4 Å². The molecule has 1 saturated carbocycles. The molecule has 11 nitrogen and oxygen atoms in total. The van der Waals surface area contributed by atoms with Gasteiger partial charge in [-0.2, -0.15) is 5.26 Å². The van der Waals surface area contributed by atoms with Crippen molar-refractivity contribution in [2.24, 2.45) is 5.41 Å². The summed E-state index contributed by atoms with van der Waals surface area (Å²) in [5.74, 6) is 0.261. The van der Waals surface area contributed by atoms with E-state index in [2.05, 4.69) is 27.7 Å². The van der Waals surface area contributed by atoms with E-state index in [0.29, 0.717) is 30.8 Å². The van der Waals surface area contributed by atoms with Gasteiger partial charge in [-0.15, -0.1) is 0 Å². The van der Waals surface area contributed by atoms with Crippen LogP contribution < -0.4 is 4.90 Å². The van der Waals surface area contributed by atoms with Crippen molar-refractivity contribution in [3.8, 4) is 6.07 Å². The van der Waals surface area contributed by atoms with Gasteiger partial charge in [0.2, 0.25) is 5.88 Å². The zero-order valence-corrected chi connectivity index (χ0v) is 21.1. The molecule has 1 aliphatic heterocycles. The van der Waals surface area contributed by atoms with Crippen LogP contribution in [0.25, 0.3) is 11.0 Å². The van der Waals surface area contributed by atoms with Gasteiger partial charge in [-0.3, -0.25) is 0 Å². The number of aromatic nitrogens is 3. The molecule has 2 aliphatic rings. The van der Waals surface area contributed by atoms with Crippen molar-refractivity contribution >= 4 is 29.2 Å². The normalized spacial score (nSPS) is 23.8. The number of amides is 1. The van der Waals surface area contributed by atoms with Crippen LogP contribution in [0.5, 0.6) is 0 Å². The van der Waals surface area contributed by atoms with Crippen LogP contribution in [0.2, 0.25) is 0 Å². The predicted molar refractivity (Wildman–Crippen MR) is 131 cm³/mol. The number of benzene rings is 1. The van der Waals surface area contributed by atoms with Gasteiger partial charge in [-0.25, -0.2) is 19.5 Å². The molecule has 0 unspecified atom stereocenters. The topological polar surface area (TPSA) is 144 Å². The Balaban J connectivity index is 1.33. The highest BCUT2D eigenvalue weighted by molar-refractivity contribution is 5.88. The first-order valence-electron chi connectivity index (χ1n) is 12.2. The summed E-state index contributed by atoms with van der Waals surface area (Å²) in [6.07, 6.45) is 3.22. The molecule has 11 heteroatoms. The van der Waals surface area contributed by atoms with Crippen LogP contribution in [0.1, 0.15) is 57.7 Å². The largest absolute Gasteiger partial charge is 0.505 e. The van der Waals surface area contributed by atoms with Crippen LogP contribution in [0, 0.1) is 16.7 Å². The summed E-state index contributed by atoms with van der Waals surface area (Å²) in [6, 6.07) is 9.29. The van der Waals surface area contributed by atoms with E-state index in [1.54, 1.807) is 32.3 Å². The maximum atomic E-state index is 13.0. The maximum Gasteiger partial charge on any atom is 0.505 e. The first kappa shape index (κ1) is 24.6. The van der Waals surface area contributed by atoms with Gasteiger partial charge in [0.1, 0.15) is 12.2 Å². The first-order chi connectivity index (χ1) is 17.5. The second-order valence-corrected chi connectivity index (χ2v) is 11.2. The Morgan fingerprint density at radius 1 is 1.32 bits per heavy atom. The fourth-order valence-corrected chi connectivity index (χ4v) is 5.63. The number of imidazole rings is 1. The second-order valence-electron chi connectivity index (χ2n) is 11.2. The van der Waals surface area contributed by atoms with Crippen LogP contribution in [-0.4, -0.2) is 50.8 Å². The van der Waals surface area contributed by atoms with E-state index in [0.717, 1.165) is 30.3 Å². The summed E-state index contributed by atoms with van der Waals surface area (Å²) in [4.78, 5) is 29.7. The van der Waals surface area contributed by atoms with E-state index in [1.165, 1.54) is 4.90 Å². The third-order valence-corrected chi connectivity index (χ3v) is 7.45. The van der Waals surface area contributed by atoms with Crippen molar-refractivity contribution in [2.45, 2.75) is 64.0 Å². The molecule has 3 heterocycles. The Bertz CT molecular complexity index is 1400. The average Bonchev–Trinajstić information content (AvgIpc) is 3.55. The van der Waals surface area contributed by atoms with Gasteiger partial charge in [0, 0.05) is 18.0 Å². The summed E-state index contributed by atoms with van der Waals surface area (Å²) in [5, 5.41) is 22.2. The number of hydrogen-bond donors (Lipinski definition) is 1. The molecule has 37 heavy (non-hydrogen) atoms. The summed E-state index contributed by atoms with van der Waals surface area (Å²) in [5.41, 5.74) is 1.27. The van der Waals surface area contributed by atoms with E-state index < -0.39 is 23.3 Å². The van der Waals surface area contributed by atoms with Crippen molar-refractivity contribution < 1.29 is 28.7 Å². The van der Waals surface area contributed by atoms with Crippen LogP contribution in [0.4, 0.5) is 15.5 Å². The molecule has 1 spiro atoms. The van der Waals surface area contributed by atoms with Crippen molar-refractivity contribution in [1.29, 1.82) is 5.26 Å². The average molecular weight is 508 g/mol. The molecule has 5 rings (SSSR count). The number of carboxylic acid groups (broad SMARTS) is 1. The number of anilines is 1. The molecule has 1 aliphatic carbocycles. The molecule has 1 saturated heterocycles. The van der Waals surface area contributed by atoms with Gasteiger partial charge in [-0.1, -0.05) is 25.9 Å². The number of rotatable bonds is 6. The third kappa shape index (κ3) is 4.71. The Kier molecular flexibility index (Phi) is 5.85. The number of fused-ring (bicyclic) bond motifs is 1.